The van der Waals surface area contributed by atoms with E-state index in [0.29, 0.717) is 3.70 Å². The van der Waals surface area contributed by atoms with Gasteiger partial charge in [0.1, 0.15) is 0 Å². The molecule has 0 aromatic carbocycles. The van der Waals surface area contributed by atoms with Gasteiger partial charge in [0, 0.05) is 0 Å². The van der Waals surface area contributed by atoms with Gasteiger partial charge in [-0.25, -0.2) is 0 Å². The van der Waals surface area contributed by atoms with E-state index in [9.17, 15) is 26.3 Å². The third-order valence-corrected chi connectivity index (χ3v) is 2.61. The fraction of sp³-hybridized carbons (Fsp3) is 0.556. The summed E-state index contributed by atoms with van der Waals surface area (Å²) >= 11 is 1.73. The minimum absolute atomic E-state index is 0.376. The fourth-order valence-corrected chi connectivity index (χ4v) is 2.01. The summed E-state index contributed by atoms with van der Waals surface area (Å²) < 4.78 is 78.5. The van der Waals surface area contributed by atoms with E-state index in [4.69, 9.17) is 0 Å². The lowest BCUT2D eigenvalue weighted by molar-refractivity contribution is -0.340. The minimum atomic E-state index is -5.52. The van der Waals surface area contributed by atoms with Crippen molar-refractivity contribution in [2.24, 2.45) is 0 Å². The Labute approximate surface area is 112 Å². The molecule has 1 atom stereocenters. The van der Waals surface area contributed by atoms with Crippen LogP contribution in [0.4, 0.5) is 26.3 Å². The van der Waals surface area contributed by atoms with Gasteiger partial charge in [0.2, 0.25) is 0 Å². The molecule has 0 fully saturated rings. The highest BCUT2D eigenvalue weighted by Crippen LogP contribution is 2.38. The smallest absolute Gasteiger partial charge is 0.349 e. The van der Waals surface area contributed by atoms with E-state index in [1.54, 1.807) is 22.6 Å². The number of ether oxygens (including phenoxy) is 1. The molecule has 104 valence electrons. The second-order valence-corrected chi connectivity index (χ2v) is 4.85. The van der Waals surface area contributed by atoms with E-state index in [1.807, 2.05) is 0 Å². The number of nitrogens with one attached hydrogen (secondary N) is 1. The molecule has 0 saturated heterocycles. The summed E-state index contributed by atoms with van der Waals surface area (Å²) in [7, 11) is 0. The lowest BCUT2D eigenvalue weighted by atomic mass is 10.2. The van der Waals surface area contributed by atoms with Crippen molar-refractivity contribution in [3.63, 3.8) is 0 Å². The van der Waals surface area contributed by atoms with Crippen LogP contribution in [0.1, 0.15) is 6.92 Å². The van der Waals surface area contributed by atoms with E-state index in [2.05, 4.69) is 10.1 Å². The average Bonchev–Trinajstić information content (AvgIpc) is 2.10. The number of allylic oxidation sites excluding steroid dienone is 2. The molecule has 1 rings (SSSR count). The maximum absolute atomic E-state index is 12.3. The first-order valence-electron chi connectivity index (χ1n) is 4.58. The van der Waals surface area contributed by atoms with Crippen molar-refractivity contribution in [1.82, 2.24) is 5.32 Å². The van der Waals surface area contributed by atoms with Crippen LogP contribution in [0, 0.1) is 0 Å². The van der Waals surface area contributed by atoms with E-state index in [0.717, 1.165) is 13.0 Å². The Kier molecular flexibility index (Phi) is 4.26. The van der Waals surface area contributed by atoms with Crippen molar-refractivity contribution < 1.29 is 31.1 Å². The third-order valence-electron chi connectivity index (χ3n) is 1.98. The Bertz CT molecular complexity index is 360. The van der Waals surface area contributed by atoms with Gasteiger partial charge < -0.3 is 10.1 Å². The summed E-state index contributed by atoms with van der Waals surface area (Å²) in [5.74, 6) is 0. The molecule has 0 radical (unpaired) electrons. The average molecular weight is 387 g/mol. The number of hydrogen-bond donors (Lipinski definition) is 1. The molecule has 0 saturated carbocycles. The summed E-state index contributed by atoms with van der Waals surface area (Å²) in [5, 5.41) is 2.41. The molecule has 0 spiro atoms. The number of dihydropyridines is 1. The lowest BCUT2D eigenvalue weighted by Crippen LogP contribution is -2.54. The van der Waals surface area contributed by atoms with Crippen LogP contribution in [0.3, 0.4) is 0 Å². The fourth-order valence-electron chi connectivity index (χ4n) is 1.27. The van der Waals surface area contributed by atoms with Crippen LogP contribution >= 0.6 is 22.6 Å². The number of hydrogen-bond acceptors (Lipinski definition) is 2. The molecule has 1 aliphatic rings. The minimum Gasteiger partial charge on any atom is -0.349 e. The normalized spacial score (nSPS) is 25.1. The number of alkyl halides is 6. The van der Waals surface area contributed by atoms with Gasteiger partial charge >= 0.3 is 12.4 Å². The highest BCUT2D eigenvalue weighted by molar-refractivity contribution is 14.1. The number of rotatable bonds is 2. The molecule has 0 aromatic rings. The van der Waals surface area contributed by atoms with Gasteiger partial charge in [-0.1, -0.05) is 6.08 Å². The van der Waals surface area contributed by atoms with E-state index in [-0.39, 0.29) is 0 Å². The predicted molar refractivity (Wildman–Crippen MR) is 59.8 cm³/mol. The standard InChI is InChI=1S/C9H8F6INO/c1-7(4-2-3-5(16)17-7)18-6(8(10,11)12)9(13,14)15/h2-4,6,17H,1H3. The Balaban J connectivity index is 2.92. The molecule has 0 amide bonds. The van der Waals surface area contributed by atoms with Gasteiger partial charge in [-0.15, -0.1) is 0 Å². The molecular formula is C9H8F6INO. The van der Waals surface area contributed by atoms with E-state index in [1.165, 1.54) is 12.2 Å². The van der Waals surface area contributed by atoms with Crippen molar-refractivity contribution in [3.05, 3.63) is 21.9 Å². The molecule has 2 nitrogen and oxygen atoms in total. The first-order valence-corrected chi connectivity index (χ1v) is 5.66. The Morgan fingerprint density at radius 1 is 1.22 bits per heavy atom. The molecule has 1 unspecified atom stereocenters. The topological polar surface area (TPSA) is 21.3 Å². The molecule has 1 heterocycles. The van der Waals surface area contributed by atoms with Crippen molar-refractivity contribution in [2.45, 2.75) is 31.1 Å². The Morgan fingerprint density at radius 3 is 2.11 bits per heavy atom. The van der Waals surface area contributed by atoms with Crippen molar-refractivity contribution in [3.8, 4) is 0 Å². The highest BCUT2D eigenvalue weighted by Gasteiger charge is 2.60. The first-order chi connectivity index (χ1) is 7.94. The van der Waals surface area contributed by atoms with Gasteiger partial charge in [-0.3, -0.25) is 0 Å². The van der Waals surface area contributed by atoms with Crippen LogP contribution < -0.4 is 5.32 Å². The second-order valence-electron chi connectivity index (χ2n) is 3.69. The first kappa shape index (κ1) is 15.6. The van der Waals surface area contributed by atoms with Gasteiger partial charge in [-0.2, -0.15) is 26.3 Å². The van der Waals surface area contributed by atoms with Crippen molar-refractivity contribution >= 4 is 22.6 Å². The SMILES string of the molecule is CC1(OC(C(F)(F)F)C(F)(F)F)C=CC=C(I)N1. The van der Waals surface area contributed by atoms with E-state index < -0.39 is 24.2 Å². The molecule has 18 heavy (non-hydrogen) atoms. The molecule has 1 aliphatic heterocycles. The second kappa shape index (κ2) is 4.91. The zero-order valence-corrected chi connectivity index (χ0v) is 11.0. The quantitative estimate of drug-likeness (QED) is 0.444. The Morgan fingerprint density at radius 2 is 1.72 bits per heavy atom. The van der Waals surface area contributed by atoms with Gasteiger partial charge in [-0.05, 0) is 41.7 Å². The van der Waals surface area contributed by atoms with Crippen LogP contribution in [-0.4, -0.2) is 24.2 Å². The summed E-state index contributed by atoms with van der Waals surface area (Å²) in [5.41, 5.74) is -1.86. The van der Waals surface area contributed by atoms with Crippen molar-refractivity contribution in [1.29, 1.82) is 0 Å². The zero-order chi connectivity index (χ0) is 14.2. The predicted octanol–water partition coefficient (Wildman–Crippen LogP) is 3.65. The summed E-state index contributed by atoms with van der Waals surface area (Å²) in [6.07, 6.45) is -11.0. The summed E-state index contributed by atoms with van der Waals surface area (Å²) in [6, 6.07) is 0. The van der Waals surface area contributed by atoms with Gasteiger partial charge in [0.25, 0.3) is 6.10 Å². The zero-order valence-electron chi connectivity index (χ0n) is 8.86. The maximum atomic E-state index is 12.3. The van der Waals surface area contributed by atoms with Gasteiger partial charge in [0.15, 0.2) is 5.72 Å². The molecular weight excluding hydrogens is 379 g/mol. The van der Waals surface area contributed by atoms with Crippen LogP contribution in [0.2, 0.25) is 0 Å². The largest absolute Gasteiger partial charge is 0.423 e. The van der Waals surface area contributed by atoms with E-state index >= 15 is 0 Å². The maximum Gasteiger partial charge on any atom is 0.423 e. The van der Waals surface area contributed by atoms with Crippen LogP contribution in [0.5, 0.6) is 0 Å². The number of halogens is 7. The van der Waals surface area contributed by atoms with Gasteiger partial charge in [0.05, 0.1) is 3.70 Å². The van der Waals surface area contributed by atoms with Crippen LogP contribution in [-0.2, 0) is 4.74 Å². The third kappa shape index (κ3) is 4.04. The molecule has 0 bridgehead atoms. The monoisotopic (exact) mass is 387 g/mol. The summed E-state index contributed by atoms with van der Waals surface area (Å²) in [6.45, 7) is 1.08. The molecule has 1 N–H and O–H groups in total. The molecule has 0 aromatic heterocycles. The summed E-state index contributed by atoms with van der Waals surface area (Å²) in [4.78, 5) is 0. The highest BCUT2D eigenvalue weighted by atomic mass is 127. The lowest BCUT2D eigenvalue weighted by Gasteiger charge is -2.35. The van der Waals surface area contributed by atoms with Crippen molar-refractivity contribution in [2.75, 3.05) is 0 Å². The van der Waals surface area contributed by atoms with Crippen LogP contribution in [0.15, 0.2) is 21.9 Å². The Hall–Kier alpha value is -0.450. The molecule has 9 heteroatoms. The van der Waals surface area contributed by atoms with Crippen LogP contribution in [0.25, 0.3) is 0 Å². The molecule has 0 aliphatic carbocycles.